The van der Waals surface area contributed by atoms with Crippen molar-refractivity contribution < 1.29 is 9.53 Å². The Morgan fingerprint density at radius 1 is 1.07 bits per heavy atom. The monoisotopic (exact) mass is 364 g/mol. The van der Waals surface area contributed by atoms with Gasteiger partial charge in [-0.3, -0.25) is 4.79 Å². The fourth-order valence-corrected chi connectivity index (χ4v) is 2.88. The summed E-state index contributed by atoms with van der Waals surface area (Å²) in [6.45, 7) is 5.75. The lowest BCUT2D eigenvalue weighted by atomic mass is 10.2. The highest BCUT2D eigenvalue weighted by molar-refractivity contribution is 5.96. The number of aryl methyl sites for hydroxylation is 1. The number of ether oxygens (including phenoxy) is 1. The van der Waals surface area contributed by atoms with Crippen LogP contribution in [0.2, 0.25) is 0 Å². The molecule has 27 heavy (non-hydrogen) atoms. The molecule has 6 heteroatoms. The normalized spacial score (nSPS) is 11.7. The topological polar surface area (TPSA) is 68.2 Å². The molecule has 1 atom stereocenters. The van der Waals surface area contributed by atoms with E-state index in [4.69, 9.17) is 4.74 Å². The quantitative estimate of drug-likeness (QED) is 0.695. The molecule has 0 saturated carbocycles. The SMILES string of the molecule is COc1ccc(NC(=O)C(C)Nc2c(C)nn(-c3ccccc3)c2C)cc1. The Balaban J connectivity index is 1.72. The van der Waals surface area contributed by atoms with Gasteiger partial charge in [-0.25, -0.2) is 4.68 Å². The lowest BCUT2D eigenvalue weighted by Crippen LogP contribution is -2.32. The second kappa shape index (κ2) is 7.95. The standard InChI is InChI=1S/C21H24N4O2/c1-14-20(16(3)25(24-14)18-8-6-5-7-9-18)22-15(2)21(26)23-17-10-12-19(27-4)13-11-17/h5-13,15,22H,1-4H3,(H,23,26). The number of carbonyl (C=O) groups excluding carboxylic acids is 1. The maximum Gasteiger partial charge on any atom is 0.246 e. The molecule has 0 aliphatic rings. The van der Waals surface area contributed by atoms with Crippen molar-refractivity contribution in [1.29, 1.82) is 0 Å². The van der Waals surface area contributed by atoms with Crippen molar-refractivity contribution in [3.05, 3.63) is 66.0 Å². The largest absolute Gasteiger partial charge is 0.497 e. The molecule has 0 fully saturated rings. The zero-order valence-electron chi connectivity index (χ0n) is 16.0. The van der Waals surface area contributed by atoms with Crippen LogP contribution >= 0.6 is 0 Å². The zero-order chi connectivity index (χ0) is 19.4. The summed E-state index contributed by atoms with van der Waals surface area (Å²) in [5, 5.41) is 10.8. The van der Waals surface area contributed by atoms with Crippen molar-refractivity contribution in [2.75, 3.05) is 17.7 Å². The predicted octanol–water partition coefficient (Wildman–Crippen LogP) is 3.94. The predicted molar refractivity (Wildman–Crippen MR) is 108 cm³/mol. The smallest absolute Gasteiger partial charge is 0.246 e. The van der Waals surface area contributed by atoms with Gasteiger partial charge in [-0.2, -0.15) is 5.10 Å². The second-order valence-corrected chi connectivity index (χ2v) is 6.38. The first kappa shape index (κ1) is 18.5. The summed E-state index contributed by atoms with van der Waals surface area (Å²) in [5.41, 5.74) is 4.39. The van der Waals surface area contributed by atoms with E-state index in [-0.39, 0.29) is 5.91 Å². The number of hydrogen-bond donors (Lipinski definition) is 2. The third kappa shape index (κ3) is 4.11. The van der Waals surface area contributed by atoms with Gasteiger partial charge in [0.1, 0.15) is 11.8 Å². The fraction of sp³-hybridized carbons (Fsp3) is 0.238. The highest BCUT2D eigenvalue weighted by Crippen LogP contribution is 2.24. The summed E-state index contributed by atoms with van der Waals surface area (Å²) in [7, 11) is 1.61. The van der Waals surface area contributed by atoms with Gasteiger partial charge >= 0.3 is 0 Å². The van der Waals surface area contributed by atoms with Crippen molar-refractivity contribution >= 4 is 17.3 Å². The molecule has 2 N–H and O–H groups in total. The summed E-state index contributed by atoms with van der Waals surface area (Å²) in [5.74, 6) is 0.630. The Hall–Kier alpha value is -3.28. The summed E-state index contributed by atoms with van der Waals surface area (Å²) in [4.78, 5) is 12.5. The molecular formula is C21H24N4O2. The van der Waals surface area contributed by atoms with Gasteiger partial charge < -0.3 is 15.4 Å². The van der Waals surface area contributed by atoms with Crippen molar-refractivity contribution in [3.8, 4) is 11.4 Å². The van der Waals surface area contributed by atoms with Crippen LogP contribution in [0.15, 0.2) is 54.6 Å². The van der Waals surface area contributed by atoms with Gasteiger partial charge in [0.25, 0.3) is 0 Å². The molecule has 3 aromatic rings. The van der Waals surface area contributed by atoms with Crippen LogP contribution in [0.4, 0.5) is 11.4 Å². The van der Waals surface area contributed by atoms with Crippen LogP contribution in [0.25, 0.3) is 5.69 Å². The van der Waals surface area contributed by atoms with Crippen molar-refractivity contribution in [1.82, 2.24) is 9.78 Å². The van der Waals surface area contributed by atoms with Crippen LogP contribution in [0, 0.1) is 13.8 Å². The van der Waals surface area contributed by atoms with E-state index in [1.807, 2.05) is 80.1 Å². The van der Waals surface area contributed by atoms with Gasteiger partial charge in [-0.15, -0.1) is 0 Å². The number of methoxy groups -OCH3 is 1. The molecule has 1 amide bonds. The molecule has 0 aliphatic carbocycles. The molecule has 1 unspecified atom stereocenters. The van der Waals surface area contributed by atoms with E-state index in [0.29, 0.717) is 0 Å². The van der Waals surface area contributed by atoms with Gasteiger partial charge in [0, 0.05) is 5.69 Å². The van der Waals surface area contributed by atoms with Crippen molar-refractivity contribution in [2.24, 2.45) is 0 Å². The van der Waals surface area contributed by atoms with Crippen LogP contribution in [0.3, 0.4) is 0 Å². The zero-order valence-corrected chi connectivity index (χ0v) is 16.0. The van der Waals surface area contributed by atoms with E-state index < -0.39 is 6.04 Å². The summed E-state index contributed by atoms with van der Waals surface area (Å²) in [6, 6.07) is 16.8. The molecule has 1 aromatic heterocycles. The lowest BCUT2D eigenvalue weighted by molar-refractivity contribution is -0.116. The Labute approximate surface area is 159 Å². The summed E-state index contributed by atoms with van der Waals surface area (Å²) >= 11 is 0. The number of amides is 1. The third-order valence-electron chi connectivity index (χ3n) is 4.40. The molecule has 3 rings (SSSR count). The van der Waals surface area contributed by atoms with Crippen LogP contribution in [-0.4, -0.2) is 28.8 Å². The minimum atomic E-state index is -0.419. The van der Waals surface area contributed by atoms with Gasteiger partial charge in [-0.05, 0) is 57.2 Å². The van der Waals surface area contributed by atoms with Gasteiger partial charge in [0.05, 0.1) is 29.9 Å². The number of anilines is 2. The number of benzene rings is 2. The number of nitrogens with one attached hydrogen (secondary N) is 2. The van der Waals surface area contributed by atoms with E-state index in [1.54, 1.807) is 7.11 Å². The Bertz CT molecular complexity index is 917. The second-order valence-electron chi connectivity index (χ2n) is 6.38. The maximum absolute atomic E-state index is 12.5. The van der Waals surface area contributed by atoms with E-state index >= 15 is 0 Å². The minimum absolute atomic E-state index is 0.119. The number of nitrogens with zero attached hydrogens (tertiary/aromatic N) is 2. The average molecular weight is 364 g/mol. The molecule has 2 aromatic carbocycles. The highest BCUT2D eigenvalue weighted by atomic mass is 16.5. The van der Waals surface area contributed by atoms with Crippen LogP contribution in [0.1, 0.15) is 18.3 Å². The number of aromatic nitrogens is 2. The molecule has 0 bridgehead atoms. The van der Waals surface area contributed by atoms with Crippen molar-refractivity contribution in [3.63, 3.8) is 0 Å². The van der Waals surface area contributed by atoms with Crippen LogP contribution < -0.4 is 15.4 Å². The highest BCUT2D eigenvalue weighted by Gasteiger charge is 2.18. The molecule has 1 heterocycles. The Kier molecular flexibility index (Phi) is 5.45. The lowest BCUT2D eigenvalue weighted by Gasteiger charge is -2.16. The Morgan fingerprint density at radius 2 is 1.74 bits per heavy atom. The fourth-order valence-electron chi connectivity index (χ4n) is 2.88. The van der Waals surface area contributed by atoms with Crippen molar-refractivity contribution in [2.45, 2.75) is 26.8 Å². The molecule has 6 nitrogen and oxygen atoms in total. The third-order valence-corrected chi connectivity index (χ3v) is 4.40. The summed E-state index contributed by atoms with van der Waals surface area (Å²) < 4.78 is 7.01. The average Bonchev–Trinajstić information content (AvgIpc) is 2.97. The minimum Gasteiger partial charge on any atom is -0.497 e. The number of para-hydroxylation sites is 1. The van der Waals surface area contributed by atoms with E-state index in [9.17, 15) is 4.79 Å². The maximum atomic E-state index is 12.5. The van der Waals surface area contributed by atoms with E-state index in [1.165, 1.54) is 0 Å². The van der Waals surface area contributed by atoms with Gasteiger partial charge in [-0.1, -0.05) is 18.2 Å². The van der Waals surface area contributed by atoms with E-state index in [0.717, 1.165) is 34.2 Å². The summed E-state index contributed by atoms with van der Waals surface area (Å²) in [6.07, 6.45) is 0. The van der Waals surface area contributed by atoms with Crippen LogP contribution in [0.5, 0.6) is 5.75 Å². The number of rotatable bonds is 6. The molecule has 0 saturated heterocycles. The first-order valence-electron chi connectivity index (χ1n) is 8.82. The molecular weight excluding hydrogens is 340 g/mol. The van der Waals surface area contributed by atoms with Gasteiger partial charge in [0.2, 0.25) is 5.91 Å². The first-order valence-corrected chi connectivity index (χ1v) is 8.82. The Morgan fingerprint density at radius 3 is 2.37 bits per heavy atom. The molecule has 140 valence electrons. The number of hydrogen-bond acceptors (Lipinski definition) is 4. The molecule has 0 aliphatic heterocycles. The first-order chi connectivity index (χ1) is 13.0. The molecule has 0 radical (unpaired) electrons. The van der Waals surface area contributed by atoms with E-state index in [2.05, 4.69) is 15.7 Å². The number of carbonyl (C=O) groups is 1. The molecule has 0 spiro atoms. The van der Waals surface area contributed by atoms with Crippen LogP contribution in [-0.2, 0) is 4.79 Å². The van der Waals surface area contributed by atoms with Gasteiger partial charge in [0.15, 0.2) is 0 Å².